The topological polar surface area (TPSA) is 123 Å². The van der Waals surface area contributed by atoms with Crippen molar-refractivity contribution in [2.75, 3.05) is 49.7 Å². The number of aromatic nitrogens is 4. The number of aliphatic hydroxyl groups is 1. The van der Waals surface area contributed by atoms with Crippen molar-refractivity contribution in [3.05, 3.63) is 53.3 Å². The first-order valence-electron chi connectivity index (χ1n) is 11.0. The molecule has 1 saturated heterocycles. The maximum Gasteiger partial charge on any atom is 0.418 e. The second-order valence-corrected chi connectivity index (χ2v) is 7.87. The van der Waals surface area contributed by atoms with Gasteiger partial charge in [-0.15, -0.1) is 5.10 Å². The van der Waals surface area contributed by atoms with Gasteiger partial charge in [0.25, 0.3) is 5.91 Å². The predicted molar refractivity (Wildman–Crippen MR) is 123 cm³/mol. The lowest BCUT2D eigenvalue weighted by Gasteiger charge is -2.28. The fourth-order valence-corrected chi connectivity index (χ4v) is 3.48. The highest BCUT2D eigenvalue weighted by molar-refractivity contribution is 6.03. The van der Waals surface area contributed by atoms with Gasteiger partial charge in [0, 0.05) is 30.4 Å². The highest BCUT2D eigenvalue weighted by Gasteiger charge is 2.32. The number of alkyl halides is 3. The summed E-state index contributed by atoms with van der Waals surface area (Å²) in [5.41, 5.74) is 0.122. The summed E-state index contributed by atoms with van der Waals surface area (Å²) in [7, 11) is 0. The van der Waals surface area contributed by atoms with E-state index in [4.69, 9.17) is 14.6 Å². The summed E-state index contributed by atoms with van der Waals surface area (Å²) < 4.78 is 49.9. The Balaban J connectivity index is 1.64. The second kappa shape index (κ2) is 10.8. The molecule has 2 aromatic heterocycles. The monoisotopic (exact) mass is 504 g/mol. The highest BCUT2D eigenvalue weighted by atomic mass is 19.4. The van der Waals surface area contributed by atoms with Crippen molar-refractivity contribution in [3.8, 4) is 17.3 Å². The Morgan fingerprint density at radius 3 is 2.69 bits per heavy atom. The molecule has 0 spiro atoms. The van der Waals surface area contributed by atoms with E-state index in [0.717, 1.165) is 5.56 Å². The summed E-state index contributed by atoms with van der Waals surface area (Å²) in [6.45, 7) is 4.04. The van der Waals surface area contributed by atoms with Gasteiger partial charge in [0.2, 0.25) is 5.88 Å². The second-order valence-electron chi connectivity index (χ2n) is 7.87. The number of benzene rings is 1. The first-order valence-corrected chi connectivity index (χ1v) is 11.0. The molecule has 0 atom stereocenters. The maximum absolute atomic E-state index is 13.0. The molecule has 1 aliphatic rings. The highest BCUT2D eigenvalue weighted by Crippen LogP contribution is 2.30. The van der Waals surface area contributed by atoms with Gasteiger partial charge in [-0.25, -0.2) is 4.98 Å². The number of anilines is 2. The van der Waals surface area contributed by atoms with Crippen LogP contribution in [0.4, 0.5) is 24.7 Å². The van der Waals surface area contributed by atoms with E-state index in [1.54, 1.807) is 24.3 Å². The van der Waals surface area contributed by atoms with Crippen molar-refractivity contribution in [1.29, 1.82) is 0 Å². The molecular weight excluding hydrogens is 481 g/mol. The predicted octanol–water partition coefficient (Wildman–Crippen LogP) is 2.72. The Bertz CT molecular complexity index is 1230. The van der Waals surface area contributed by atoms with E-state index in [0.29, 0.717) is 61.5 Å². The molecule has 3 heterocycles. The molecular formula is C23H23F3N6O4. The number of morpholine rings is 1. The van der Waals surface area contributed by atoms with Gasteiger partial charge in [-0.3, -0.25) is 4.79 Å². The van der Waals surface area contributed by atoms with Gasteiger partial charge in [-0.2, -0.15) is 23.3 Å². The lowest BCUT2D eigenvalue weighted by molar-refractivity contribution is -0.137. The molecule has 0 aliphatic carbocycles. The van der Waals surface area contributed by atoms with E-state index < -0.39 is 23.3 Å². The van der Waals surface area contributed by atoms with Crippen LogP contribution in [0.2, 0.25) is 0 Å². The van der Waals surface area contributed by atoms with Crippen LogP contribution in [0.5, 0.6) is 5.88 Å². The smallest absolute Gasteiger partial charge is 0.418 e. The average molecular weight is 504 g/mol. The van der Waals surface area contributed by atoms with Crippen LogP contribution in [0.1, 0.15) is 21.6 Å². The number of aryl methyl sites for hydroxylation is 1. The molecule has 1 aliphatic heterocycles. The molecule has 190 valence electrons. The molecule has 0 saturated carbocycles. The molecule has 36 heavy (non-hydrogen) atoms. The molecule has 0 unspecified atom stereocenters. The van der Waals surface area contributed by atoms with Crippen LogP contribution in [0.15, 0.2) is 36.5 Å². The van der Waals surface area contributed by atoms with E-state index in [2.05, 4.69) is 25.5 Å². The standard InChI is InChI=1S/C23H23F3N6O4/c1-14-2-3-16(28-22(34)18-10-15(13-27-31-18)23(24,25)26)11-17(14)21-29-19(32-4-7-35-8-5-32)12-20(30-21)36-9-6-33/h2-3,10-13,33H,4-9H2,1H3,(H,28,34). The van der Waals surface area contributed by atoms with Crippen LogP contribution in [0.3, 0.4) is 0 Å². The van der Waals surface area contributed by atoms with Crippen LogP contribution < -0.4 is 15.0 Å². The molecule has 1 fully saturated rings. The van der Waals surface area contributed by atoms with Gasteiger partial charge in [0.15, 0.2) is 11.5 Å². The van der Waals surface area contributed by atoms with Crippen LogP contribution in [-0.4, -0.2) is 70.7 Å². The van der Waals surface area contributed by atoms with E-state index >= 15 is 0 Å². The molecule has 1 amide bonds. The third-order valence-electron chi connectivity index (χ3n) is 5.32. The zero-order valence-corrected chi connectivity index (χ0v) is 19.2. The number of ether oxygens (including phenoxy) is 2. The van der Waals surface area contributed by atoms with E-state index in [1.807, 2.05) is 11.8 Å². The minimum atomic E-state index is -4.65. The molecule has 4 rings (SSSR count). The number of carbonyl (C=O) groups is 1. The van der Waals surface area contributed by atoms with Crippen LogP contribution in [-0.2, 0) is 10.9 Å². The number of nitrogens with one attached hydrogen (secondary N) is 1. The zero-order valence-electron chi connectivity index (χ0n) is 19.2. The van der Waals surface area contributed by atoms with E-state index in [9.17, 15) is 18.0 Å². The Morgan fingerprint density at radius 1 is 1.19 bits per heavy atom. The Labute approximate surface area is 204 Å². The van der Waals surface area contributed by atoms with Crippen LogP contribution in [0, 0.1) is 6.92 Å². The summed E-state index contributed by atoms with van der Waals surface area (Å²) >= 11 is 0. The summed E-state index contributed by atoms with van der Waals surface area (Å²) in [4.78, 5) is 23.7. The lowest BCUT2D eigenvalue weighted by Crippen LogP contribution is -2.36. The van der Waals surface area contributed by atoms with Gasteiger partial charge in [0.05, 0.1) is 31.6 Å². The Morgan fingerprint density at radius 2 is 1.97 bits per heavy atom. The molecule has 3 aromatic rings. The van der Waals surface area contributed by atoms with E-state index in [1.165, 1.54) is 0 Å². The Kier molecular flexibility index (Phi) is 7.60. The first-order chi connectivity index (χ1) is 17.2. The van der Waals surface area contributed by atoms with Crippen molar-refractivity contribution in [2.24, 2.45) is 0 Å². The van der Waals surface area contributed by atoms with Gasteiger partial charge in [-0.05, 0) is 30.7 Å². The summed E-state index contributed by atoms with van der Waals surface area (Å²) in [5.74, 6) is 0.352. The minimum absolute atomic E-state index is 0.0477. The Hall–Kier alpha value is -3.84. The summed E-state index contributed by atoms with van der Waals surface area (Å²) in [5, 5.41) is 18.5. The van der Waals surface area contributed by atoms with Gasteiger partial charge < -0.3 is 24.8 Å². The molecule has 0 radical (unpaired) electrons. The van der Waals surface area contributed by atoms with Gasteiger partial charge >= 0.3 is 6.18 Å². The van der Waals surface area contributed by atoms with Crippen LogP contribution in [0.25, 0.3) is 11.4 Å². The average Bonchev–Trinajstić information content (AvgIpc) is 2.88. The SMILES string of the molecule is Cc1ccc(NC(=O)c2cc(C(F)(F)F)cnn2)cc1-c1nc(OCCO)cc(N2CCOCC2)n1. The van der Waals surface area contributed by atoms with Crippen molar-refractivity contribution in [2.45, 2.75) is 13.1 Å². The van der Waals surface area contributed by atoms with Crippen molar-refractivity contribution in [3.63, 3.8) is 0 Å². The fourth-order valence-electron chi connectivity index (χ4n) is 3.48. The van der Waals surface area contributed by atoms with Crippen LogP contribution >= 0.6 is 0 Å². The van der Waals surface area contributed by atoms with Crippen molar-refractivity contribution in [1.82, 2.24) is 20.2 Å². The van der Waals surface area contributed by atoms with Crippen molar-refractivity contribution >= 4 is 17.4 Å². The number of rotatable bonds is 7. The number of hydrogen-bond acceptors (Lipinski definition) is 9. The third kappa shape index (κ3) is 6.04. The minimum Gasteiger partial charge on any atom is -0.475 e. The molecule has 0 bridgehead atoms. The lowest BCUT2D eigenvalue weighted by atomic mass is 10.1. The van der Waals surface area contributed by atoms with Gasteiger partial charge in [0.1, 0.15) is 12.4 Å². The van der Waals surface area contributed by atoms with E-state index in [-0.39, 0.29) is 19.1 Å². The number of amides is 1. The number of halogens is 3. The third-order valence-corrected chi connectivity index (χ3v) is 5.32. The number of nitrogens with zero attached hydrogens (tertiary/aromatic N) is 5. The molecule has 10 nitrogen and oxygen atoms in total. The normalized spacial score (nSPS) is 14.0. The largest absolute Gasteiger partial charge is 0.475 e. The number of hydrogen-bond donors (Lipinski definition) is 2. The molecule has 2 N–H and O–H groups in total. The van der Waals surface area contributed by atoms with Crippen molar-refractivity contribution < 1.29 is 32.5 Å². The quantitative estimate of drug-likeness (QED) is 0.500. The fraction of sp³-hybridized carbons (Fsp3) is 0.348. The van der Waals surface area contributed by atoms with Gasteiger partial charge in [-0.1, -0.05) is 6.07 Å². The molecule has 13 heteroatoms. The molecule has 1 aromatic carbocycles. The summed E-state index contributed by atoms with van der Waals surface area (Å²) in [6.07, 6.45) is -4.10. The first kappa shape index (κ1) is 25.3. The zero-order chi connectivity index (χ0) is 25.7. The maximum atomic E-state index is 13.0. The number of aliphatic hydroxyl groups excluding tert-OH is 1. The number of carbonyl (C=O) groups excluding carboxylic acids is 1. The summed E-state index contributed by atoms with van der Waals surface area (Å²) in [6, 6.07) is 7.26.